The molecule has 0 spiro atoms. The molecule has 0 fully saturated rings. The molecule has 2 rings (SSSR count). The highest BCUT2D eigenvalue weighted by Crippen LogP contribution is 2.17. The minimum absolute atomic E-state index is 0.117. The molecule has 0 bridgehead atoms. The van der Waals surface area contributed by atoms with Crippen LogP contribution in [0.1, 0.15) is 23.0 Å². The molecule has 1 N–H and O–H groups in total. The van der Waals surface area contributed by atoms with Crippen molar-refractivity contribution < 1.29 is 14.3 Å². The third-order valence-electron chi connectivity index (χ3n) is 2.44. The van der Waals surface area contributed by atoms with E-state index in [2.05, 4.69) is 10.3 Å². The Morgan fingerprint density at radius 3 is 2.75 bits per heavy atom. The summed E-state index contributed by atoms with van der Waals surface area (Å²) < 4.78 is 4.84. The van der Waals surface area contributed by atoms with E-state index in [1.165, 1.54) is 11.3 Å². The van der Waals surface area contributed by atoms with Crippen molar-refractivity contribution in [1.82, 2.24) is 4.98 Å². The van der Waals surface area contributed by atoms with Crippen LogP contribution >= 0.6 is 11.3 Å². The van der Waals surface area contributed by atoms with Crippen LogP contribution in [-0.4, -0.2) is 23.5 Å². The lowest BCUT2D eigenvalue weighted by Gasteiger charge is -2.01. The third-order valence-corrected chi connectivity index (χ3v) is 3.25. The zero-order chi connectivity index (χ0) is 14.4. The van der Waals surface area contributed by atoms with Gasteiger partial charge in [-0.05, 0) is 19.1 Å². The summed E-state index contributed by atoms with van der Waals surface area (Å²) in [4.78, 5) is 27.4. The number of thiazole rings is 1. The molecule has 1 aromatic heterocycles. The quantitative estimate of drug-likeness (QED) is 0.859. The van der Waals surface area contributed by atoms with Crippen molar-refractivity contribution in [2.24, 2.45) is 0 Å². The number of anilines is 1. The summed E-state index contributed by atoms with van der Waals surface area (Å²) in [6.07, 6.45) is 0.117. The fraction of sp³-hybridized carbons (Fsp3) is 0.214. The van der Waals surface area contributed by atoms with Gasteiger partial charge in [0.15, 0.2) is 5.13 Å². The van der Waals surface area contributed by atoms with Gasteiger partial charge in [-0.15, -0.1) is 11.3 Å². The van der Waals surface area contributed by atoms with Crippen molar-refractivity contribution in [3.8, 4) is 0 Å². The van der Waals surface area contributed by atoms with Gasteiger partial charge in [0, 0.05) is 10.9 Å². The summed E-state index contributed by atoms with van der Waals surface area (Å²) in [5.41, 5.74) is 1.16. The molecule has 104 valence electrons. The van der Waals surface area contributed by atoms with E-state index >= 15 is 0 Å². The second-order valence-electron chi connectivity index (χ2n) is 3.95. The second-order valence-corrected chi connectivity index (χ2v) is 4.80. The first kappa shape index (κ1) is 14.2. The molecule has 20 heavy (non-hydrogen) atoms. The van der Waals surface area contributed by atoms with E-state index < -0.39 is 0 Å². The summed E-state index contributed by atoms with van der Waals surface area (Å²) >= 11 is 1.28. The number of esters is 1. The van der Waals surface area contributed by atoms with Crippen molar-refractivity contribution in [3.63, 3.8) is 0 Å². The molecule has 0 atom stereocenters. The van der Waals surface area contributed by atoms with E-state index in [4.69, 9.17) is 4.74 Å². The Balaban J connectivity index is 1.96. The molecule has 0 unspecified atom stereocenters. The fourth-order valence-corrected chi connectivity index (χ4v) is 2.27. The first-order chi connectivity index (χ1) is 9.69. The van der Waals surface area contributed by atoms with E-state index in [1.54, 1.807) is 36.6 Å². The van der Waals surface area contributed by atoms with Gasteiger partial charge in [-0.1, -0.05) is 18.2 Å². The van der Waals surface area contributed by atoms with Gasteiger partial charge in [0.2, 0.25) is 0 Å². The number of hydrogen-bond donors (Lipinski definition) is 1. The maximum absolute atomic E-state index is 11.9. The van der Waals surface area contributed by atoms with E-state index in [9.17, 15) is 9.59 Å². The predicted octanol–water partition coefficient (Wildman–Crippen LogP) is 2.50. The Bertz CT molecular complexity index is 595. The Hall–Kier alpha value is -2.21. The first-order valence-corrected chi connectivity index (χ1v) is 7.03. The van der Waals surface area contributed by atoms with Crippen LogP contribution in [0.15, 0.2) is 35.7 Å². The lowest BCUT2D eigenvalue weighted by Crippen LogP contribution is -2.12. The summed E-state index contributed by atoms with van der Waals surface area (Å²) in [6, 6.07) is 8.88. The van der Waals surface area contributed by atoms with Gasteiger partial charge in [0.25, 0.3) is 5.91 Å². The molecular weight excluding hydrogens is 276 g/mol. The predicted molar refractivity (Wildman–Crippen MR) is 76.8 cm³/mol. The number of hydrogen-bond acceptors (Lipinski definition) is 5. The van der Waals surface area contributed by atoms with Gasteiger partial charge >= 0.3 is 5.97 Å². The zero-order valence-corrected chi connectivity index (χ0v) is 11.8. The van der Waals surface area contributed by atoms with E-state index in [1.807, 2.05) is 6.07 Å². The number of benzene rings is 1. The molecule has 6 heteroatoms. The van der Waals surface area contributed by atoms with Crippen LogP contribution in [0.5, 0.6) is 0 Å². The van der Waals surface area contributed by atoms with E-state index in [0.717, 1.165) is 0 Å². The first-order valence-electron chi connectivity index (χ1n) is 6.15. The van der Waals surface area contributed by atoms with Gasteiger partial charge in [0.1, 0.15) is 0 Å². The molecule has 0 aliphatic heterocycles. The van der Waals surface area contributed by atoms with Crippen LogP contribution in [0.2, 0.25) is 0 Å². The van der Waals surface area contributed by atoms with Crippen molar-refractivity contribution in [2.45, 2.75) is 13.3 Å². The Labute approximate surface area is 120 Å². The number of carbonyl (C=O) groups is 2. The molecule has 0 saturated heterocycles. The van der Waals surface area contributed by atoms with Crippen LogP contribution in [-0.2, 0) is 16.0 Å². The molecular formula is C14H14N2O3S. The zero-order valence-electron chi connectivity index (χ0n) is 11.0. The second kappa shape index (κ2) is 6.81. The van der Waals surface area contributed by atoms with Gasteiger partial charge in [-0.25, -0.2) is 4.98 Å². The highest BCUT2D eigenvalue weighted by molar-refractivity contribution is 7.14. The standard InChI is InChI=1S/C14H14N2O3S/c1-2-19-12(17)8-11-9-20-14(15-11)16-13(18)10-6-4-3-5-7-10/h3-7,9H,2,8H2,1H3,(H,15,16,18). The Morgan fingerprint density at radius 1 is 1.30 bits per heavy atom. The monoisotopic (exact) mass is 290 g/mol. The molecule has 1 amide bonds. The minimum atomic E-state index is -0.321. The van der Waals surface area contributed by atoms with E-state index in [0.29, 0.717) is 23.0 Å². The number of nitrogens with zero attached hydrogens (tertiary/aromatic N) is 1. The molecule has 0 radical (unpaired) electrons. The summed E-state index contributed by atoms with van der Waals surface area (Å²) in [7, 11) is 0. The van der Waals surface area contributed by atoms with Gasteiger partial charge in [-0.2, -0.15) is 0 Å². The smallest absolute Gasteiger partial charge is 0.311 e. The van der Waals surface area contributed by atoms with Crippen LogP contribution in [0.25, 0.3) is 0 Å². The van der Waals surface area contributed by atoms with Crippen molar-refractivity contribution in [2.75, 3.05) is 11.9 Å². The van der Waals surface area contributed by atoms with Gasteiger partial charge in [0.05, 0.1) is 18.7 Å². The molecule has 1 aromatic carbocycles. The molecule has 1 heterocycles. The fourth-order valence-electron chi connectivity index (χ4n) is 1.56. The lowest BCUT2D eigenvalue weighted by atomic mass is 10.2. The Kier molecular flexibility index (Phi) is 4.84. The SMILES string of the molecule is CCOC(=O)Cc1csc(NC(=O)c2ccccc2)n1. The largest absolute Gasteiger partial charge is 0.466 e. The summed E-state index contributed by atoms with van der Waals surface area (Å²) in [6.45, 7) is 2.10. The summed E-state index contributed by atoms with van der Waals surface area (Å²) in [5, 5.41) is 4.90. The highest BCUT2D eigenvalue weighted by atomic mass is 32.1. The third kappa shape index (κ3) is 3.89. The number of amides is 1. The maximum Gasteiger partial charge on any atom is 0.311 e. The van der Waals surface area contributed by atoms with Gasteiger partial charge in [-0.3, -0.25) is 14.9 Å². The molecule has 0 aliphatic carbocycles. The Morgan fingerprint density at radius 2 is 2.05 bits per heavy atom. The van der Waals surface area contributed by atoms with E-state index in [-0.39, 0.29) is 18.3 Å². The highest BCUT2D eigenvalue weighted by Gasteiger charge is 2.11. The molecule has 0 aliphatic rings. The van der Waals surface area contributed by atoms with Crippen LogP contribution in [0, 0.1) is 0 Å². The number of carbonyl (C=O) groups excluding carboxylic acids is 2. The lowest BCUT2D eigenvalue weighted by molar-refractivity contribution is -0.142. The van der Waals surface area contributed by atoms with Crippen molar-refractivity contribution in [1.29, 1.82) is 0 Å². The average Bonchev–Trinajstić information content (AvgIpc) is 2.87. The number of aromatic nitrogens is 1. The van der Waals surface area contributed by atoms with Crippen LogP contribution in [0.3, 0.4) is 0 Å². The molecule has 2 aromatic rings. The average molecular weight is 290 g/mol. The number of nitrogens with one attached hydrogen (secondary N) is 1. The molecule has 5 nitrogen and oxygen atoms in total. The number of rotatable bonds is 5. The van der Waals surface area contributed by atoms with Crippen LogP contribution in [0.4, 0.5) is 5.13 Å². The topological polar surface area (TPSA) is 68.3 Å². The summed E-state index contributed by atoms with van der Waals surface area (Å²) in [5.74, 6) is -0.540. The minimum Gasteiger partial charge on any atom is -0.466 e. The maximum atomic E-state index is 11.9. The molecule has 0 saturated carbocycles. The normalized spacial score (nSPS) is 10.1. The van der Waals surface area contributed by atoms with Crippen LogP contribution < -0.4 is 5.32 Å². The number of ether oxygens (including phenoxy) is 1. The van der Waals surface area contributed by atoms with Crippen molar-refractivity contribution >= 4 is 28.3 Å². The van der Waals surface area contributed by atoms with Gasteiger partial charge < -0.3 is 4.74 Å². The van der Waals surface area contributed by atoms with Crippen molar-refractivity contribution in [3.05, 3.63) is 47.0 Å².